The highest BCUT2D eigenvalue weighted by Gasteiger charge is 1.75. The van der Waals surface area contributed by atoms with E-state index < -0.39 is 5.97 Å². The van der Waals surface area contributed by atoms with Crippen molar-refractivity contribution in [3.63, 3.8) is 0 Å². The number of phenols is 1. The molecule has 1 aromatic carbocycles. The number of phenolic OH excluding ortho intramolecular Hbond substituents is 1. The summed E-state index contributed by atoms with van der Waals surface area (Å²) >= 11 is 0. The molecule has 0 heterocycles. The third kappa shape index (κ3) is 13.0. The molecule has 14 heavy (non-hydrogen) atoms. The number of rotatable bonds is 1. The maximum atomic E-state index is 9.25. The first kappa shape index (κ1) is 14.8. The van der Waals surface area contributed by atoms with Crippen LogP contribution in [0.15, 0.2) is 43.0 Å². The van der Waals surface area contributed by atoms with Crippen molar-refractivity contribution in [1.82, 2.24) is 0 Å². The Morgan fingerprint density at radius 1 is 1.29 bits per heavy atom. The van der Waals surface area contributed by atoms with E-state index in [0.717, 1.165) is 6.08 Å². The predicted molar refractivity (Wildman–Crippen MR) is 56.3 cm³/mol. The summed E-state index contributed by atoms with van der Waals surface area (Å²) in [5, 5.41) is 16.2. The van der Waals surface area contributed by atoms with Gasteiger partial charge in [0.05, 0.1) is 0 Å². The topological polar surface area (TPSA) is 74.6 Å². The van der Waals surface area contributed by atoms with Crippen LogP contribution in [0.2, 0.25) is 0 Å². The van der Waals surface area contributed by atoms with Crippen molar-refractivity contribution < 1.29 is 19.6 Å². The largest absolute Gasteiger partial charge is 0.508 e. The minimum atomic E-state index is -0.981. The highest BCUT2D eigenvalue weighted by atomic mass is 31.0. The van der Waals surface area contributed by atoms with Crippen molar-refractivity contribution in [2.24, 2.45) is 0 Å². The van der Waals surface area contributed by atoms with Crippen molar-refractivity contribution >= 4 is 15.1 Å². The molecule has 1 aromatic rings. The lowest BCUT2D eigenvalue weighted by Crippen LogP contribution is -1.82. The van der Waals surface area contributed by atoms with Gasteiger partial charge in [0.1, 0.15) is 5.75 Å². The van der Waals surface area contributed by atoms with Crippen LogP contribution >= 0.6 is 9.12 Å². The molecule has 2 N–H and O–H groups in total. The molecule has 4 nitrogen and oxygen atoms in total. The summed E-state index contributed by atoms with van der Waals surface area (Å²) in [6.07, 6.45) is 0.833. The first-order chi connectivity index (χ1) is 6.66. The Balaban J connectivity index is 0. The molecule has 0 bridgehead atoms. The van der Waals surface area contributed by atoms with Crippen LogP contribution in [-0.2, 0) is 9.36 Å². The fourth-order valence-electron chi connectivity index (χ4n) is 0.428. The Morgan fingerprint density at radius 2 is 1.64 bits per heavy atom. The van der Waals surface area contributed by atoms with Crippen LogP contribution in [-0.4, -0.2) is 16.2 Å². The van der Waals surface area contributed by atoms with Crippen LogP contribution in [0.3, 0.4) is 0 Å². The van der Waals surface area contributed by atoms with E-state index >= 15 is 0 Å². The molecule has 5 heteroatoms. The number of para-hydroxylation sites is 1. The summed E-state index contributed by atoms with van der Waals surface area (Å²) in [5.74, 6) is -0.660. The number of carbonyl (C=O) groups is 1. The van der Waals surface area contributed by atoms with Gasteiger partial charge in [0.2, 0.25) is 0 Å². The van der Waals surface area contributed by atoms with Gasteiger partial charge in [-0.1, -0.05) is 29.3 Å². The maximum Gasteiger partial charge on any atom is 0.327 e. The minimum Gasteiger partial charge on any atom is -0.508 e. The summed E-state index contributed by atoms with van der Waals surface area (Å²) in [6, 6.07) is 8.71. The second-order valence-electron chi connectivity index (χ2n) is 1.88. The Hall–Kier alpha value is -1.67. The molecule has 0 spiro atoms. The molecule has 0 saturated carbocycles. The molecule has 0 radical (unpaired) electrons. The molecule has 0 amide bonds. The van der Waals surface area contributed by atoms with Crippen LogP contribution in [0.4, 0.5) is 0 Å². The third-order valence-electron chi connectivity index (χ3n) is 0.931. The summed E-state index contributed by atoms with van der Waals surface area (Å²) in [5.41, 5.74) is 0. The highest BCUT2D eigenvalue weighted by Crippen LogP contribution is 2.02. The van der Waals surface area contributed by atoms with Gasteiger partial charge >= 0.3 is 15.1 Å². The molecular formula is C9H12O4P+. The number of hydrogen-bond donors (Lipinski definition) is 2. The molecule has 0 saturated heterocycles. The standard InChI is InChI=1S/C6H6O.C3H4O2.H2OP/c7-6-4-2-1-3-5-6;1-2-3(4)5;1-2/h1-5,7H;2H,1H2,(H,4,5);2H2/q;;+1. The van der Waals surface area contributed by atoms with Crippen LogP contribution in [0.1, 0.15) is 0 Å². The van der Waals surface area contributed by atoms with Gasteiger partial charge in [-0.05, 0) is 12.1 Å². The van der Waals surface area contributed by atoms with E-state index in [4.69, 9.17) is 14.8 Å². The van der Waals surface area contributed by atoms with Crippen LogP contribution in [0.25, 0.3) is 0 Å². The van der Waals surface area contributed by atoms with Gasteiger partial charge in [-0.3, -0.25) is 0 Å². The number of aromatic hydroxyl groups is 1. The second-order valence-corrected chi connectivity index (χ2v) is 1.88. The maximum absolute atomic E-state index is 9.25. The summed E-state index contributed by atoms with van der Waals surface area (Å²) in [7, 11) is 1.17. The van der Waals surface area contributed by atoms with Crippen LogP contribution in [0.5, 0.6) is 5.75 Å². The molecule has 0 aromatic heterocycles. The van der Waals surface area contributed by atoms with Crippen molar-refractivity contribution in [1.29, 1.82) is 0 Å². The first-order valence-corrected chi connectivity index (χ1v) is 3.97. The SMILES string of the molecule is C=CC(=O)O.O=[PH2+].Oc1ccccc1. The zero-order chi connectivity index (χ0) is 11.4. The van der Waals surface area contributed by atoms with E-state index in [-0.39, 0.29) is 0 Å². The summed E-state index contributed by atoms with van der Waals surface area (Å²) < 4.78 is 8.17. The number of carboxylic acid groups (broad SMARTS) is 1. The Kier molecular flexibility index (Phi) is 12.0. The van der Waals surface area contributed by atoms with E-state index in [9.17, 15) is 4.79 Å². The van der Waals surface area contributed by atoms with Gasteiger partial charge in [-0.2, -0.15) is 0 Å². The number of hydrogen-bond acceptors (Lipinski definition) is 3. The average Bonchev–Trinajstić information content (AvgIpc) is 2.23. The van der Waals surface area contributed by atoms with E-state index in [2.05, 4.69) is 6.58 Å². The molecule has 0 aliphatic heterocycles. The van der Waals surface area contributed by atoms with Crippen molar-refractivity contribution in [3.05, 3.63) is 43.0 Å². The first-order valence-electron chi connectivity index (χ1n) is 3.49. The molecule has 0 fully saturated rings. The van der Waals surface area contributed by atoms with Crippen LogP contribution < -0.4 is 0 Å². The van der Waals surface area contributed by atoms with Gasteiger partial charge in [0.15, 0.2) is 0 Å². The van der Waals surface area contributed by atoms with Gasteiger partial charge in [0.25, 0.3) is 0 Å². The second kappa shape index (κ2) is 11.3. The van der Waals surface area contributed by atoms with E-state index in [0.29, 0.717) is 5.75 Å². The number of benzene rings is 1. The average molecular weight is 215 g/mol. The van der Waals surface area contributed by atoms with E-state index in [1.807, 2.05) is 6.07 Å². The number of carboxylic acids is 1. The van der Waals surface area contributed by atoms with Gasteiger partial charge in [-0.25, -0.2) is 4.79 Å². The monoisotopic (exact) mass is 215 g/mol. The van der Waals surface area contributed by atoms with Gasteiger partial charge in [0, 0.05) is 6.08 Å². The normalized spacial score (nSPS) is 6.86. The zero-order valence-corrected chi connectivity index (χ0v) is 8.61. The molecule has 1 rings (SSSR count). The molecule has 0 aliphatic carbocycles. The Labute approximate surface area is 84.1 Å². The summed E-state index contributed by atoms with van der Waals surface area (Å²) in [6.45, 7) is 2.96. The van der Waals surface area contributed by atoms with Crippen molar-refractivity contribution in [3.8, 4) is 5.75 Å². The molecule has 76 valence electrons. The minimum absolute atomic E-state index is 0.322. The van der Waals surface area contributed by atoms with Crippen molar-refractivity contribution in [2.45, 2.75) is 0 Å². The van der Waals surface area contributed by atoms with Gasteiger partial charge in [-0.15, -0.1) is 0 Å². The quantitative estimate of drug-likeness (QED) is 0.553. The molecular weight excluding hydrogens is 203 g/mol. The van der Waals surface area contributed by atoms with E-state index in [1.54, 1.807) is 24.3 Å². The lowest BCUT2D eigenvalue weighted by atomic mass is 10.3. The van der Waals surface area contributed by atoms with Crippen molar-refractivity contribution in [2.75, 3.05) is 0 Å². The van der Waals surface area contributed by atoms with E-state index in [1.165, 1.54) is 9.12 Å². The lowest BCUT2D eigenvalue weighted by Gasteiger charge is -1.82. The molecule has 1 unspecified atom stereocenters. The Morgan fingerprint density at radius 3 is 1.79 bits per heavy atom. The molecule has 0 aliphatic rings. The molecule has 1 atom stereocenters. The van der Waals surface area contributed by atoms with Gasteiger partial charge < -0.3 is 10.2 Å². The lowest BCUT2D eigenvalue weighted by molar-refractivity contribution is -0.131. The number of aliphatic carboxylic acids is 1. The smallest absolute Gasteiger partial charge is 0.327 e. The van der Waals surface area contributed by atoms with Crippen LogP contribution in [0, 0.1) is 0 Å². The highest BCUT2D eigenvalue weighted by molar-refractivity contribution is 7.00. The predicted octanol–water partition coefficient (Wildman–Crippen LogP) is 1.86. The Bertz CT molecular complexity index is 261. The zero-order valence-electron chi connectivity index (χ0n) is 7.46. The third-order valence-corrected chi connectivity index (χ3v) is 0.931. The fraction of sp³-hybridized carbons (Fsp3) is 0. The summed E-state index contributed by atoms with van der Waals surface area (Å²) in [4.78, 5) is 9.25. The fourth-order valence-corrected chi connectivity index (χ4v) is 0.428.